The Morgan fingerprint density at radius 1 is 0.465 bits per heavy atom. The summed E-state index contributed by atoms with van der Waals surface area (Å²) in [7, 11) is 0. The van der Waals surface area contributed by atoms with E-state index >= 15 is 0 Å². The predicted molar refractivity (Wildman–Crippen MR) is 269 cm³/mol. The van der Waals surface area contributed by atoms with Crippen LogP contribution in [0.15, 0.2) is 12.2 Å². The molecule has 2 unspecified atom stereocenters. The zero-order valence-electron chi connectivity index (χ0n) is 43.1. The van der Waals surface area contributed by atoms with Crippen LogP contribution in [0.25, 0.3) is 0 Å². The average molecular weight is 1010 g/mol. The summed E-state index contributed by atoms with van der Waals surface area (Å²) in [6.45, 7) is 8.40. The lowest BCUT2D eigenvalue weighted by atomic mass is 9.85. The molecule has 0 aromatic carbocycles. The van der Waals surface area contributed by atoms with Crippen molar-refractivity contribution >= 4 is 47.6 Å². The molecule has 0 saturated carbocycles. The van der Waals surface area contributed by atoms with Gasteiger partial charge in [-0.15, -0.1) is 0 Å². The summed E-state index contributed by atoms with van der Waals surface area (Å²) in [5.41, 5.74) is 0. The molecule has 2 atom stereocenters. The van der Waals surface area contributed by atoms with Crippen molar-refractivity contribution in [1.29, 1.82) is 0 Å². The Labute approximate surface area is 422 Å². The maximum Gasteiger partial charge on any atom is 0.304 e. The lowest BCUT2D eigenvalue weighted by Crippen LogP contribution is -2.45. The highest BCUT2D eigenvalue weighted by Gasteiger charge is 2.41. The van der Waals surface area contributed by atoms with E-state index in [1.165, 1.54) is 43.4 Å². The van der Waals surface area contributed by atoms with Crippen LogP contribution in [0.1, 0.15) is 149 Å². The zero-order chi connectivity index (χ0) is 52.8. The monoisotopic (exact) mass is 1010 g/mol. The fourth-order valence-corrected chi connectivity index (χ4v) is 8.79. The number of hydrogen-bond donors (Lipinski definition) is 6. The molecule has 20 heteroatoms. The molecule has 0 aromatic heterocycles. The molecule has 71 heavy (non-hydrogen) atoms. The first-order chi connectivity index (χ1) is 33.9. The molecule has 1 aliphatic rings. The van der Waals surface area contributed by atoms with Crippen molar-refractivity contribution in [3.8, 4) is 0 Å². The van der Waals surface area contributed by atoms with Crippen LogP contribution in [0.3, 0.4) is 0 Å². The van der Waals surface area contributed by atoms with Gasteiger partial charge >= 0.3 is 35.8 Å². The van der Waals surface area contributed by atoms with Crippen LogP contribution in [0.2, 0.25) is 0 Å². The molecule has 1 rings (SSSR count). The van der Waals surface area contributed by atoms with Crippen LogP contribution in [-0.4, -0.2) is 212 Å². The summed E-state index contributed by atoms with van der Waals surface area (Å²) in [6.07, 6.45) is 18.4. The third-order valence-electron chi connectivity index (χ3n) is 13.2. The highest BCUT2D eigenvalue weighted by Crippen LogP contribution is 2.32. The number of likely N-dealkylation sites (tertiary alicyclic amines) is 1. The number of imide groups is 1. The van der Waals surface area contributed by atoms with E-state index in [2.05, 4.69) is 26.0 Å². The van der Waals surface area contributed by atoms with Crippen LogP contribution in [-0.2, 0) is 38.4 Å². The van der Waals surface area contributed by atoms with Crippen molar-refractivity contribution in [1.82, 2.24) is 29.4 Å². The van der Waals surface area contributed by atoms with Crippen molar-refractivity contribution in [2.24, 2.45) is 11.8 Å². The molecule has 20 nitrogen and oxygen atoms in total. The SMILES string of the molecule is CCCCCCCC/C=C/C(CCCCCCC)C1CC(=O)N(CCCN(CCC(=O)O)CCN(CCC(=O)O)CCN(CCC(=O)O)CCN(CCC(=O)O)CCN(CCC(=O)O)CCC(=O)O)C1=O. The topological polar surface area (TPSA) is 277 Å². The third kappa shape index (κ3) is 33.7. The first kappa shape index (κ1) is 64.5. The second kappa shape index (κ2) is 40.0. The Hall–Kier alpha value is -4.50. The van der Waals surface area contributed by atoms with Crippen molar-refractivity contribution < 1.29 is 69.0 Å². The number of allylic oxidation sites excluding steroid dienone is 2. The molecular weight excluding hydrogens is 921 g/mol. The van der Waals surface area contributed by atoms with Crippen molar-refractivity contribution in [2.75, 3.05) is 105 Å². The maximum absolute atomic E-state index is 13.9. The van der Waals surface area contributed by atoms with Gasteiger partial charge in [0.25, 0.3) is 0 Å². The molecule has 0 aliphatic carbocycles. The smallest absolute Gasteiger partial charge is 0.304 e. The number of amides is 2. The van der Waals surface area contributed by atoms with Gasteiger partial charge in [-0.25, -0.2) is 0 Å². The molecule has 0 radical (unpaired) electrons. The Kier molecular flexibility index (Phi) is 36.4. The maximum atomic E-state index is 13.9. The number of carbonyl (C=O) groups is 8. The average Bonchev–Trinajstić information content (AvgIpc) is 3.59. The molecule has 408 valence electrons. The van der Waals surface area contributed by atoms with Gasteiger partial charge in [-0.1, -0.05) is 90.2 Å². The minimum atomic E-state index is -1.04. The molecule has 1 saturated heterocycles. The van der Waals surface area contributed by atoms with E-state index in [1.54, 1.807) is 4.90 Å². The van der Waals surface area contributed by atoms with Gasteiger partial charge in [0.1, 0.15) is 0 Å². The largest absolute Gasteiger partial charge is 0.481 e. The van der Waals surface area contributed by atoms with Gasteiger partial charge in [0.15, 0.2) is 0 Å². The summed E-state index contributed by atoms with van der Waals surface area (Å²) < 4.78 is 0. The number of unbranched alkanes of at least 4 members (excludes halogenated alkanes) is 10. The van der Waals surface area contributed by atoms with Gasteiger partial charge < -0.3 is 55.1 Å². The predicted octanol–water partition coefficient (Wildman–Crippen LogP) is 5.39. The molecule has 0 spiro atoms. The zero-order valence-corrected chi connectivity index (χ0v) is 43.1. The van der Waals surface area contributed by atoms with Gasteiger partial charge in [-0.05, 0) is 38.1 Å². The summed E-state index contributed by atoms with van der Waals surface area (Å²) >= 11 is 0. The van der Waals surface area contributed by atoms with Gasteiger partial charge in [0.2, 0.25) is 11.8 Å². The molecule has 0 bridgehead atoms. The first-order valence-corrected chi connectivity index (χ1v) is 26.4. The van der Waals surface area contributed by atoms with E-state index < -0.39 is 41.7 Å². The quantitative estimate of drug-likeness (QED) is 0.0253. The lowest BCUT2D eigenvalue weighted by molar-refractivity contribution is -0.140. The van der Waals surface area contributed by atoms with E-state index in [1.807, 2.05) is 19.6 Å². The molecular formula is C51H90N6O14. The summed E-state index contributed by atoms with van der Waals surface area (Å²) in [5.74, 6) is -6.89. The summed E-state index contributed by atoms with van der Waals surface area (Å²) in [5, 5.41) is 56.5. The van der Waals surface area contributed by atoms with Crippen LogP contribution in [0.4, 0.5) is 0 Å². The van der Waals surface area contributed by atoms with E-state index in [0.29, 0.717) is 58.8 Å². The van der Waals surface area contributed by atoms with Gasteiger partial charge in [0.05, 0.1) is 44.4 Å². The number of carboxylic acid groups (broad SMARTS) is 6. The van der Waals surface area contributed by atoms with Gasteiger partial charge in [0, 0.05) is 105 Å². The van der Waals surface area contributed by atoms with Crippen molar-refractivity contribution in [3.63, 3.8) is 0 Å². The Morgan fingerprint density at radius 3 is 1.15 bits per heavy atom. The minimum Gasteiger partial charge on any atom is -0.481 e. The summed E-state index contributed by atoms with van der Waals surface area (Å²) in [4.78, 5) is 107. The first-order valence-electron chi connectivity index (χ1n) is 26.4. The number of rotatable bonds is 49. The summed E-state index contributed by atoms with van der Waals surface area (Å²) in [6, 6.07) is 0. The highest BCUT2D eigenvalue weighted by molar-refractivity contribution is 6.03. The second-order valence-electron chi connectivity index (χ2n) is 19.0. The number of hydrogen-bond acceptors (Lipinski definition) is 13. The van der Waals surface area contributed by atoms with Crippen LogP contribution in [0, 0.1) is 11.8 Å². The van der Waals surface area contributed by atoms with E-state index in [0.717, 1.165) is 44.9 Å². The molecule has 1 heterocycles. The van der Waals surface area contributed by atoms with E-state index in [9.17, 15) is 69.0 Å². The minimum absolute atomic E-state index is 0.0115. The lowest BCUT2D eigenvalue weighted by Gasteiger charge is -2.32. The normalized spacial score (nSPS) is 14.6. The van der Waals surface area contributed by atoms with Gasteiger partial charge in [-0.3, -0.25) is 43.3 Å². The Morgan fingerprint density at radius 2 is 0.789 bits per heavy atom. The van der Waals surface area contributed by atoms with Crippen LogP contribution < -0.4 is 0 Å². The molecule has 2 amide bonds. The standard InChI is InChI=1S/C51H90N6O14/c1-3-5-7-9-10-11-13-15-18-42(17-14-12-8-6-4-2)43-41-44(58)57(51(43)71)26-16-25-52(27-19-45(59)60)33-35-54(30-22-48(65)66)37-39-56(32-24-50(69)70)40-38-55(31-23-49(67)68)36-34-53(28-20-46(61)62)29-21-47(63)64/h15,18,42-43H,3-14,16-17,19-41H2,1-2H3,(H,59,60)(H,61,62)(H,63,64)(H,65,66)(H,67,68)(H,69,70)/b18-15+. The second-order valence-corrected chi connectivity index (χ2v) is 19.0. The fraction of sp³-hybridized carbons (Fsp3) is 0.804. The number of nitrogens with zero attached hydrogens (tertiary/aromatic N) is 6. The Balaban J connectivity index is 3.07. The number of aliphatic carboxylic acids is 6. The molecule has 0 aromatic rings. The van der Waals surface area contributed by atoms with Gasteiger partial charge in [-0.2, -0.15) is 0 Å². The third-order valence-corrected chi connectivity index (χ3v) is 13.2. The number of carboxylic acids is 6. The van der Waals surface area contributed by atoms with E-state index in [4.69, 9.17) is 0 Å². The Bertz CT molecular complexity index is 1580. The molecule has 1 fully saturated rings. The van der Waals surface area contributed by atoms with Crippen molar-refractivity contribution in [3.05, 3.63) is 12.2 Å². The highest BCUT2D eigenvalue weighted by atomic mass is 16.4. The van der Waals surface area contributed by atoms with Crippen LogP contribution in [0.5, 0.6) is 0 Å². The fourth-order valence-electron chi connectivity index (χ4n) is 8.79. The number of carbonyl (C=O) groups excluding carboxylic acids is 2. The molecule has 1 aliphatic heterocycles. The van der Waals surface area contributed by atoms with Crippen molar-refractivity contribution in [2.45, 2.75) is 149 Å². The van der Waals surface area contributed by atoms with E-state index in [-0.39, 0.29) is 115 Å². The van der Waals surface area contributed by atoms with Crippen LogP contribution >= 0.6 is 0 Å². The molecule has 6 N–H and O–H groups in total.